The quantitative estimate of drug-likeness (QED) is 0.735. The van der Waals surface area contributed by atoms with E-state index in [2.05, 4.69) is 12.2 Å². The van der Waals surface area contributed by atoms with E-state index in [1.807, 2.05) is 30.3 Å². The third-order valence-corrected chi connectivity index (χ3v) is 3.04. The molecule has 17 heavy (non-hydrogen) atoms. The van der Waals surface area contributed by atoms with Crippen LogP contribution < -0.4 is 10.1 Å². The van der Waals surface area contributed by atoms with Gasteiger partial charge in [-0.25, -0.2) is 0 Å². The van der Waals surface area contributed by atoms with Crippen LogP contribution in [0.1, 0.15) is 19.8 Å². The fraction of sp³-hybridized carbons (Fsp3) is 0.571. The van der Waals surface area contributed by atoms with Crippen LogP contribution in [0.5, 0.6) is 5.75 Å². The molecule has 3 heteroatoms. The van der Waals surface area contributed by atoms with E-state index in [1.54, 1.807) is 0 Å². The Bertz CT molecular complexity index is 309. The topological polar surface area (TPSA) is 30.5 Å². The molecule has 0 aromatic heterocycles. The molecule has 0 aliphatic heterocycles. The predicted molar refractivity (Wildman–Crippen MR) is 68.4 cm³/mol. The Kier molecular flexibility index (Phi) is 4.83. The Morgan fingerprint density at radius 1 is 1.24 bits per heavy atom. The van der Waals surface area contributed by atoms with E-state index in [0.717, 1.165) is 38.3 Å². The lowest BCUT2D eigenvalue weighted by Gasteiger charge is -2.35. The summed E-state index contributed by atoms with van der Waals surface area (Å²) >= 11 is 0. The lowest BCUT2D eigenvalue weighted by molar-refractivity contribution is -0.0103. The lowest BCUT2D eigenvalue weighted by Crippen LogP contribution is -2.46. The molecule has 3 nitrogen and oxygen atoms in total. The first-order valence-electron chi connectivity index (χ1n) is 6.41. The minimum absolute atomic E-state index is 0.479. The van der Waals surface area contributed by atoms with E-state index in [9.17, 15) is 0 Å². The van der Waals surface area contributed by atoms with Crippen LogP contribution in [-0.2, 0) is 4.74 Å². The molecular formula is C14H21NO2. The number of para-hydroxylation sites is 1. The van der Waals surface area contributed by atoms with Crippen LogP contribution in [0.3, 0.4) is 0 Å². The summed E-state index contributed by atoms with van der Waals surface area (Å²) in [6, 6.07) is 10.5. The van der Waals surface area contributed by atoms with Gasteiger partial charge in [0.25, 0.3) is 0 Å². The molecule has 1 aliphatic rings. The molecule has 0 atom stereocenters. The number of rotatable bonds is 7. The summed E-state index contributed by atoms with van der Waals surface area (Å²) in [6.45, 7) is 4.50. The Morgan fingerprint density at radius 2 is 2.00 bits per heavy atom. The van der Waals surface area contributed by atoms with Gasteiger partial charge >= 0.3 is 0 Å². The zero-order chi connectivity index (χ0) is 11.9. The van der Waals surface area contributed by atoms with Crippen molar-refractivity contribution in [3.8, 4) is 5.75 Å². The van der Waals surface area contributed by atoms with Crippen molar-refractivity contribution in [3.63, 3.8) is 0 Å². The summed E-state index contributed by atoms with van der Waals surface area (Å²) in [6.07, 6.45) is 2.76. The Labute approximate surface area is 103 Å². The van der Waals surface area contributed by atoms with Crippen LogP contribution >= 0.6 is 0 Å². The fourth-order valence-corrected chi connectivity index (χ4v) is 2.05. The average molecular weight is 235 g/mol. The van der Waals surface area contributed by atoms with Crippen molar-refractivity contribution in [1.29, 1.82) is 0 Å². The highest BCUT2D eigenvalue weighted by atomic mass is 16.5. The Hall–Kier alpha value is -1.06. The van der Waals surface area contributed by atoms with Crippen molar-refractivity contribution in [2.45, 2.75) is 31.9 Å². The van der Waals surface area contributed by atoms with Gasteiger partial charge in [0.15, 0.2) is 0 Å². The molecule has 0 radical (unpaired) electrons. The van der Waals surface area contributed by atoms with E-state index in [1.165, 1.54) is 0 Å². The molecule has 0 bridgehead atoms. The number of benzene rings is 1. The van der Waals surface area contributed by atoms with Gasteiger partial charge in [0.2, 0.25) is 0 Å². The highest BCUT2D eigenvalue weighted by Gasteiger charge is 2.28. The molecule has 0 spiro atoms. The van der Waals surface area contributed by atoms with Crippen LogP contribution in [-0.4, -0.2) is 31.9 Å². The molecule has 1 aromatic carbocycles. The van der Waals surface area contributed by atoms with Crippen molar-refractivity contribution in [2.75, 3.05) is 19.8 Å². The highest BCUT2D eigenvalue weighted by molar-refractivity contribution is 5.20. The van der Waals surface area contributed by atoms with Crippen molar-refractivity contribution in [3.05, 3.63) is 30.3 Å². The highest BCUT2D eigenvalue weighted by Crippen LogP contribution is 2.22. The normalized spacial score (nSPS) is 23.1. The Morgan fingerprint density at radius 3 is 2.71 bits per heavy atom. The summed E-state index contributed by atoms with van der Waals surface area (Å²) in [5.74, 6) is 0.940. The third-order valence-electron chi connectivity index (χ3n) is 3.04. The van der Waals surface area contributed by atoms with Gasteiger partial charge in [0, 0.05) is 19.2 Å². The van der Waals surface area contributed by atoms with Crippen LogP contribution in [0, 0.1) is 0 Å². The summed E-state index contributed by atoms with van der Waals surface area (Å²) in [7, 11) is 0. The monoisotopic (exact) mass is 235 g/mol. The van der Waals surface area contributed by atoms with Crippen LogP contribution in [0.4, 0.5) is 0 Å². The molecule has 94 valence electrons. The SMILES string of the molecule is CCOC1CC(NCCOc2ccccc2)C1. The fourth-order valence-electron chi connectivity index (χ4n) is 2.05. The number of hydrogen-bond acceptors (Lipinski definition) is 3. The minimum atomic E-state index is 0.479. The minimum Gasteiger partial charge on any atom is -0.492 e. The van der Waals surface area contributed by atoms with Gasteiger partial charge < -0.3 is 14.8 Å². The van der Waals surface area contributed by atoms with Crippen LogP contribution in [0.2, 0.25) is 0 Å². The Balaban J connectivity index is 1.50. The third kappa shape index (κ3) is 4.02. The van der Waals surface area contributed by atoms with Crippen molar-refractivity contribution in [1.82, 2.24) is 5.32 Å². The van der Waals surface area contributed by atoms with Gasteiger partial charge in [-0.2, -0.15) is 0 Å². The molecule has 1 saturated carbocycles. The molecule has 1 aromatic rings. The lowest BCUT2D eigenvalue weighted by atomic mass is 9.89. The van der Waals surface area contributed by atoms with Gasteiger partial charge in [-0.3, -0.25) is 0 Å². The zero-order valence-electron chi connectivity index (χ0n) is 10.4. The van der Waals surface area contributed by atoms with Crippen LogP contribution in [0.15, 0.2) is 30.3 Å². The van der Waals surface area contributed by atoms with Gasteiger partial charge in [-0.05, 0) is 31.9 Å². The largest absolute Gasteiger partial charge is 0.492 e. The summed E-state index contributed by atoms with van der Waals surface area (Å²) in [4.78, 5) is 0. The van der Waals surface area contributed by atoms with Crippen molar-refractivity contribution < 1.29 is 9.47 Å². The van der Waals surface area contributed by atoms with E-state index >= 15 is 0 Å². The summed E-state index contributed by atoms with van der Waals surface area (Å²) in [5.41, 5.74) is 0. The second kappa shape index (κ2) is 6.62. The van der Waals surface area contributed by atoms with Gasteiger partial charge in [0.1, 0.15) is 12.4 Å². The van der Waals surface area contributed by atoms with Crippen LogP contribution in [0.25, 0.3) is 0 Å². The molecule has 1 fully saturated rings. The molecule has 0 heterocycles. The maximum absolute atomic E-state index is 5.61. The first kappa shape index (κ1) is 12.4. The van der Waals surface area contributed by atoms with Crippen molar-refractivity contribution in [2.24, 2.45) is 0 Å². The second-order valence-corrected chi connectivity index (χ2v) is 4.36. The molecule has 2 rings (SSSR count). The first-order valence-corrected chi connectivity index (χ1v) is 6.41. The molecule has 0 amide bonds. The maximum atomic E-state index is 5.61. The number of hydrogen-bond donors (Lipinski definition) is 1. The first-order chi connectivity index (χ1) is 8.38. The predicted octanol–water partition coefficient (Wildman–Crippen LogP) is 2.22. The van der Waals surface area contributed by atoms with E-state index in [-0.39, 0.29) is 0 Å². The second-order valence-electron chi connectivity index (χ2n) is 4.36. The summed E-state index contributed by atoms with van der Waals surface area (Å²) in [5, 5.41) is 3.47. The zero-order valence-corrected chi connectivity index (χ0v) is 10.4. The number of ether oxygens (including phenoxy) is 2. The average Bonchev–Trinajstić information content (AvgIpc) is 2.32. The van der Waals surface area contributed by atoms with E-state index in [4.69, 9.17) is 9.47 Å². The van der Waals surface area contributed by atoms with Gasteiger partial charge in [0.05, 0.1) is 6.10 Å². The van der Waals surface area contributed by atoms with Crippen molar-refractivity contribution >= 4 is 0 Å². The molecule has 1 aliphatic carbocycles. The smallest absolute Gasteiger partial charge is 0.119 e. The molecule has 0 unspecified atom stereocenters. The molecular weight excluding hydrogens is 214 g/mol. The van der Waals surface area contributed by atoms with E-state index in [0.29, 0.717) is 12.1 Å². The molecule has 0 saturated heterocycles. The maximum Gasteiger partial charge on any atom is 0.119 e. The standard InChI is InChI=1S/C14H21NO2/c1-2-16-14-10-12(11-14)15-8-9-17-13-6-4-3-5-7-13/h3-7,12,14-15H,2,8-11H2,1H3. The van der Waals surface area contributed by atoms with E-state index < -0.39 is 0 Å². The van der Waals surface area contributed by atoms with Gasteiger partial charge in [-0.1, -0.05) is 18.2 Å². The number of nitrogens with one attached hydrogen (secondary N) is 1. The summed E-state index contributed by atoms with van der Waals surface area (Å²) < 4.78 is 11.1. The molecule has 1 N–H and O–H groups in total. The van der Waals surface area contributed by atoms with Gasteiger partial charge in [-0.15, -0.1) is 0 Å².